The van der Waals surface area contributed by atoms with Crippen molar-refractivity contribution in [2.24, 2.45) is 5.73 Å². The molecule has 0 aromatic heterocycles. The first kappa shape index (κ1) is 12.6. The zero-order valence-corrected chi connectivity index (χ0v) is 10.3. The Hall–Kier alpha value is -1.87. The molecule has 1 atom stereocenters. The number of rotatable bonds is 4. The summed E-state index contributed by atoms with van der Waals surface area (Å²) in [6.45, 7) is 2.13. The van der Waals surface area contributed by atoms with Gasteiger partial charge in [0.05, 0.1) is 0 Å². The van der Waals surface area contributed by atoms with E-state index < -0.39 is 0 Å². The molecule has 0 saturated carbocycles. The Morgan fingerprint density at radius 2 is 1.89 bits per heavy atom. The Bertz CT molecular complexity index is 513. The molecule has 0 amide bonds. The van der Waals surface area contributed by atoms with Gasteiger partial charge in [-0.1, -0.05) is 36.4 Å². The number of ether oxygens (including phenoxy) is 1. The van der Waals surface area contributed by atoms with E-state index in [0.29, 0.717) is 11.3 Å². The van der Waals surface area contributed by atoms with Gasteiger partial charge in [-0.15, -0.1) is 0 Å². The molecule has 0 radical (unpaired) electrons. The van der Waals surface area contributed by atoms with Crippen LogP contribution in [0.4, 0.5) is 4.39 Å². The van der Waals surface area contributed by atoms with E-state index in [0.717, 1.165) is 5.56 Å². The maximum Gasteiger partial charge on any atom is 0.131 e. The molecule has 0 saturated heterocycles. The van der Waals surface area contributed by atoms with E-state index in [1.54, 1.807) is 12.1 Å². The van der Waals surface area contributed by atoms with Crippen LogP contribution in [0.15, 0.2) is 48.5 Å². The van der Waals surface area contributed by atoms with Crippen molar-refractivity contribution < 1.29 is 9.13 Å². The van der Waals surface area contributed by atoms with Crippen LogP contribution in [-0.4, -0.2) is 0 Å². The van der Waals surface area contributed by atoms with Crippen LogP contribution in [0.1, 0.15) is 24.2 Å². The van der Waals surface area contributed by atoms with E-state index in [-0.39, 0.29) is 18.5 Å². The fourth-order valence-corrected chi connectivity index (χ4v) is 1.76. The first-order valence-electron chi connectivity index (χ1n) is 5.91. The second-order valence-corrected chi connectivity index (χ2v) is 4.13. The highest BCUT2D eigenvalue weighted by molar-refractivity contribution is 5.30. The molecule has 0 aliphatic heterocycles. The Labute approximate surface area is 106 Å². The highest BCUT2D eigenvalue weighted by Gasteiger charge is 2.08. The van der Waals surface area contributed by atoms with Gasteiger partial charge in [-0.05, 0) is 18.6 Å². The normalized spacial score (nSPS) is 12.2. The van der Waals surface area contributed by atoms with Gasteiger partial charge >= 0.3 is 0 Å². The molecule has 94 valence electrons. The minimum Gasteiger partial charge on any atom is -0.486 e. The summed E-state index contributed by atoms with van der Waals surface area (Å²) >= 11 is 0. The highest BCUT2D eigenvalue weighted by Crippen LogP contribution is 2.23. The summed E-state index contributed by atoms with van der Waals surface area (Å²) in [6, 6.07) is 14.6. The zero-order chi connectivity index (χ0) is 13.0. The summed E-state index contributed by atoms with van der Waals surface area (Å²) in [5.74, 6) is 0.191. The molecule has 2 aromatic rings. The fourth-order valence-electron chi connectivity index (χ4n) is 1.76. The van der Waals surface area contributed by atoms with E-state index >= 15 is 0 Å². The van der Waals surface area contributed by atoms with Gasteiger partial charge in [-0.2, -0.15) is 0 Å². The molecule has 0 aliphatic carbocycles. The second-order valence-electron chi connectivity index (χ2n) is 4.13. The fraction of sp³-hybridized carbons (Fsp3) is 0.200. The summed E-state index contributed by atoms with van der Waals surface area (Å²) in [6.07, 6.45) is -0.116. The topological polar surface area (TPSA) is 35.2 Å². The average molecular weight is 245 g/mol. The van der Waals surface area contributed by atoms with Crippen LogP contribution in [0.25, 0.3) is 0 Å². The molecular formula is C15H16FNO. The van der Waals surface area contributed by atoms with Crippen LogP contribution >= 0.6 is 0 Å². The predicted octanol–water partition coefficient (Wildman–Crippen LogP) is 3.42. The maximum absolute atomic E-state index is 13.5. The molecule has 0 aliphatic rings. The third-order valence-electron chi connectivity index (χ3n) is 2.83. The van der Waals surface area contributed by atoms with E-state index in [9.17, 15) is 4.39 Å². The van der Waals surface area contributed by atoms with Crippen molar-refractivity contribution in [3.8, 4) is 5.75 Å². The summed E-state index contributed by atoms with van der Waals surface area (Å²) in [5, 5.41) is 0. The van der Waals surface area contributed by atoms with Crippen LogP contribution in [-0.2, 0) is 6.54 Å². The van der Waals surface area contributed by atoms with E-state index in [1.807, 2.05) is 37.3 Å². The van der Waals surface area contributed by atoms with Crippen molar-refractivity contribution in [1.82, 2.24) is 0 Å². The summed E-state index contributed by atoms with van der Waals surface area (Å²) in [7, 11) is 0. The Morgan fingerprint density at radius 3 is 2.50 bits per heavy atom. The Balaban J connectivity index is 2.12. The van der Waals surface area contributed by atoms with Gasteiger partial charge in [0, 0.05) is 18.2 Å². The summed E-state index contributed by atoms with van der Waals surface area (Å²) in [5.41, 5.74) is 6.96. The number of hydrogen-bond donors (Lipinski definition) is 1. The second kappa shape index (κ2) is 5.65. The number of halogens is 1. The van der Waals surface area contributed by atoms with Gasteiger partial charge in [-0.3, -0.25) is 0 Å². The predicted molar refractivity (Wildman–Crippen MR) is 69.8 cm³/mol. The highest BCUT2D eigenvalue weighted by atomic mass is 19.1. The molecule has 3 heteroatoms. The van der Waals surface area contributed by atoms with Crippen molar-refractivity contribution >= 4 is 0 Å². The Kier molecular flexibility index (Phi) is 3.95. The van der Waals surface area contributed by atoms with Gasteiger partial charge in [0.1, 0.15) is 17.7 Å². The molecule has 0 fully saturated rings. The van der Waals surface area contributed by atoms with Crippen molar-refractivity contribution in [2.75, 3.05) is 0 Å². The lowest BCUT2D eigenvalue weighted by molar-refractivity contribution is 0.226. The largest absolute Gasteiger partial charge is 0.486 e. The first-order chi connectivity index (χ1) is 8.70. The van der Waals surface area contributed by atoms with Gasteiger partial charge in [0.2, 0.25) is 0 Å². The van der Waals surface area contributed by atoms with Crippen LogP contribution in [0, 0.1) is 5.82 Å². The molecule has 0 heterocycles. The van der Waals surface area contributed by atoms with Gasteiger partial charge in [-0.25, -0.2) is 4.39 Å². The molecule has 2 rings (SSSR count). The average Bonchev–Trinajstić information content (AvgIpc) is 2.40. The molecule has 2 aromatic carbocycles. The van der Waals surface area contributed by atoms with E-state index in [2.05, 4.69) is 0 Å². The van der Waals surface area contributed by atoms with Gasteiger partial charge in [0.25, 0.3) is 0 Å². The van der Waals surface area contributed by atoms with E-state index in [4.69, 9.17) is 10.5 Å². The molecule has 1 unspecified atom stereocenters. The van der Waals surface area contributed by atoms with E-state index in [1.165, 1.54) is 6.07 Å². The molecule has 18 heavy (non-hydrogen) atoms. The minimum absolute atomic E-state index is 0.116. The lowest BCUT2D eigenvalue weighted by Gasteiger charge is -2.15. The summed E-state index contributed by atoms with van der Waals surface area (Å²) < 4.78 is 19.2. The smallest absolute Gasteiger partial charge is 0.131 e. The SMILES string of the molecule is CC(Oc1ccc(CN)c(F)c1)c1ccccc1. The van der Waals surface area contributed by atoms with Crippen molar-refractivity contribution in [2.45, 2.75) is 19.6 Å². The van der Waals surface area contributed by atoms with Crippen LogP contribution < -0.4 is 10.5 Å². The van der Waals surface area contributed by atoms with Crippen molar-refractivity contribution in [3.05, 3.63) is 65.5 Å². The van der Waals surface area contributed by atoms with Crippen molar-refractivity contribution in [1.29, 1.82) is 0 Å². The third kappa shape index (κ3) is 2.87. The zero-order valence-electron chi connectivity index (χ0n) is 10.3. The third-order valence-corrected chi connectivity index (χ3v) is 2.83. The quantitative estimate of drug-likeness (QED) is 0.895. The number of hydrogen-bond acceptors (Lipinski definition) is 2. The minimum atomic E-state index is -0.324. The number of nitrogens with two attached hydrogens (primary N) is 1. The lowest BCUT2D eigenvalue weighted by atomic mass is 10.1. The van der Waals surface area contributed by atoms with Gasteiger partial charge < -0.3 is 10.5 Å². The lowest BCUT2D eigenvalue weighted by Crippen LogP contribution is -2.04. The van der Waals surface area contributed by atoms with Crippen LogP contribution in [0.5, 0.6) is 5.75 Å². The number of benzene rings is 2. The van der Waals surface area contributed by atoms with Gasteiger partial charge in [0.15, 0.2) is 0 Å². The summed E-state index contributed by atoms with van der Waals surface area (Å²) in [4.78, 5) is 0. The first-order valence-corrected chi connectivity index (χ1v) is 5.91. The molecule has 0 spiro atoms. The van der Waals surface area contributed by atoms with Crippen LogP contribution in [0.3, 0.4) is 0 Å². The molecule has 2 nitrogen and oxygen atoms in total. The monoisotopic (exact) mass is 245 g/mol. The Morgan fingerprint density at radius 1 is 1.17 bits per heavy atom. The van der Waals surface area contributed by atoms with Crippen molar-refractivity contribution in [3.63, 3.8) is 0 Å². The molecule has 0 bridgehead atoms. The molecular weight excluding hydrogens is 229 g/mol. The molecule has 2 N–H and O–H groups in total. The van der Waals surface area contributed by atoms with Crippen LogP contribution in [0.2, 0.25) is 0 Å². The standard InChI is InChI=1S/C15H16FNO/c1-11(12-5-3-2-4-6-12)18-14-8-7-13(10-17)15(16)9-14/h2-9,11H,10,17H2,1H3. The maximum atomic E-state index is 13.5.